The van der Waals surface area contributed by atoms with E-state index in [1.54, 1.807) is 20.8 Å². The topological polar surface area (TPSA) is 108 Å². The van der Waals surface area contributed by atoms with Crippen molar-refractivity contribution in [2.24, 2.45) is 0 Å². The van der Waals surface area contributed by atoms with Gasteiger partial charge in [0.25, 0.3) is 0 Å². The Morgan fingerprint density at radius 1 is 1.19 bits per heavy atom. The standard InChI is InChI=1S/C24H39N3O5/c1-8-9-13-25-21(29)20(19-12-10-11-16(2)17(19)3)27(14-15-28)22(30)18(4)26-23(31)32-24(5,6)7/h10-12,18,20,28H,8-9,13-15H2,1-7H3,(H,25,29)(H,26,31). The lowest BCUT2D eigenvalue weighted by molar-refractivity contribution is -0.142. The second-order valence-corrected chi connectivity index (χ2v) is 8.96. The van der Waals surface area contributed by atoms with Crippen molar-refractivity contribution < 1.29 is 24.2 Å². The van der Waals surface area contributed by atoms with Crippen LogP contribution in [0.15, 0.2) is 18.2 Å². The van der Waals surface area contributed by atoms with Crippen molar-refractivity contribution in [3.8, 4) is 0 Å². The van der Waals surface area contributed by atoms with Gasteiger partial charge >= 0.3 is 6.09 Å². The second-order valence-electron chi connectivity index (χ2n) is 8.96. The maximum atomic E-state index is 13.3. The number of hydrogen-bond donors (Lipinski definition) is 3. The highest BCUT2D eigenvalue weighted by Gasteiger charge is 2.35. The Morgan fingerprint density at radius 2 is 1.84 bits per heavy atom. The molecule has 3 amide bonds. The smallest absolute Gasteiger partial charge is 0.408 e. The van der Waals surface area contributed by atoms with E-state index in [9.17, 15) is 19.5 Å². The van der Waals surface area contributed by atoms with Crippen molar-refractivity contribution in [2.45, 2.75) is 79.0 Å². The van der Waals surface area contributed by atoms with E-state index in [4.69, 9.17) is 4.74 Å². The van der Waals surface area contributed by atoms with E-state index in [0.29, 0.717) is 12.1 Å². The summed E-state index contributed by atoms with van der Waals surface area (Å²) in [4.78, 5) is 40.1. The number of nitrogens with one attached hydrogen (secondary N) is 2. The van der Waals surface area contributed by atoms with E-state index in [1.807, 2.05) is 39.0 Å². The summed E-state index contributed by atoms with van der Waals surface area (Å²) in [5.74, 6) is -0.806. The molecule has 180 valence electrons. The molecule has 0 bridgehead atoms. The molecule has 0 fully saturated rings. The van der Waals surface area contributed by atoms with E-state index >= 15 is 0 Å². The van der Waals surface area contributed by atoms with Crippen LogP contribution in [0.1, 0.15) is 70.2 Å². The molecule has 0 saturated carbocycles. The predicted molar refractivity (Wildman–Crippen MR) is 124 cm³/mol. The van der Waals surface area contributed by atoms with Gasteiger partial charge in [-0.05, 0) is 64.7 Å². The summed E-state index contributed by atoms with van der Waals surface area (Å²) >= 11 is 0. The maximum absolute atomic E-state index is 13.3. The van der Waals surface area contributed by atoms with Crippen molar-refractivity contribution >= 4 is 17.9 Å². The van der Waals surface area contributed by atoms with Gasteiger partial charge in [-0.3, -0.25) is 9.59 Å². The van der Waals surface area contributed by atoms with Gasteiger partial charge in [0.15, 0.2) is 0 Å². The highest BCUT2D eigenvalue weighted by molar-refractivity contribution is 5.92. The van der Waals surface area contributed by atoms with E-state index in [-0.39, 0.29) is 19.1 Å². The first-order valence-corrected chi connectivity index (χ1v) is 11.2. The molecule has 0 heterocycles. The summed E-state index contributed by atoms with van der Waals surface area (Å²) in [5.41, 5.74) is 1.86. The van der Waals surface area contributed by atoms with E-state index < -0.39 is 29.7 Å². The fraction of sp³-hybridized carbons (Fsp3) is 0.625. The number of carbonyl (C=O) groups excluding carboxylic acids is 3. The maximum Gasteiger partial charge on any atom is 0.408 e. The Hall–Kier alpha value is -2.61. The van der Waals surface area contributed by atoms with Gasteiger partial charge < -0.3 is 25.4 Å². The van der Waals surface area contributed by atoms with Gasteiger partial charge in [-0.2, -0.15) is 0 Å². The molecule has 8 heteroatoms. The fourth-order valence-electron chi connectivity index (χ4n) is 3.27. The number of rotatable bonds is 10. The van der Waals surface area contributed by atoms with Crippen LogP contribution in [0.5, 0.6) is 0 Å². The van der Waals surface area contributed by atoms with Gasteiger partial charge in [-0.1, -0.05) is 31.5 Å². The van der Waals surface area contributed by atoms with Gasteiger partial charge in [0.2, 0.25) is 11.8 Å². The number of nitrogens with zero attached hydrogens (tertiary/aromatic N) is 1. The van der Waals surface area contributed by atoms with E-state index in [2.05, 4.69) is 10.6 Å². The van der Waals surface area contributed by atoms with Gasteiger partial charge in [-0.25, -0.2) is 4.79 Å². The number of amides is 3. The largest absolute Gasteiger partial charge is 0.444 e. The number of ether oxygens (including phenoxy) is 1. The molecule has 2 unspecified atom stereocenters. The summed E-state index contributed by atoms with van der Waals surface area (Å²) in [5, 5.41) is 15.1. The van der Waals surface area contributed by atoms with Crippen LogP contribution in [0.3, 0.4) is 0 Å². The molecule has 32 heavy (non-hydrogen) atoms. The first kappa shape index (κ1) is 27.4. The summed E-state index contributed by atoms with van der Waals surface area (Å²) in [6.07, 6.45) is 1.01. The Kier molecular flexibility index (Phi) is 10.7. The van der Waals surface area contributed by atoms with Gasteiger partial charge in [0.05, 0.1) is 6.61 Å². The van der Waals surface area contributed by atoms with Crippen LogP contribution < -0.4 is 10.6 Å². The molecule has 2 atom stereocenters. The minimum atomic E-state index is -0.951. The third-order valence-corrected chi connectivity index (χ3v) is 5.06. The molecule has 0 aliphatic heterocycles. The van der Waals surface area contributed by atoms with Crippen LogP contribution in [-0.4, -0.2) is 59.3 Å². The molecule has 0 saturated heterocycles. The van der Waals surface area contributed by atoms with Crippen LogP contribution in [-0.2, 0) is 14.3 Å². The number of unbranched alkanes of at least 4 members (excludes halogenated alkanes) is 1. The Labute approximate surface area is 191 Å². The lowest BCUT2D eigenvalue weighted by Crippen LogP contribution is -2.52. The molecule has 8 nitrogen and oxygen atoms in total. The number of alkyl carbamates (subject to hydrolysis) is 1. The number of carbonyl (C=O) groups is 3. The van der Waals surface area contributed by atoms with Crippen molar-refractivity contribution in [3.05, 3.63) is 34.9 Å². The molecular formula is C24H39N3O5. The molecule has 1 rings (SSSR count). The Balaban J connectivity index is 3.28. The summed E-state index contributed by atoms with van der Waals surface area (Å²) in [7, 11) is 0. The molecule has 0 radical (unpaired) electrons. The highest BCUT2D eigenvalue weighted by atomic mass is 16.6. The number of hydrogen-bond acceptors (Lipinski definition) is 5. The monoisotopic (exact) mass is 449 g/mol. The zero-order chi connectivity index (χ0) is 24.5. The molecule has 0 aromatic heterocycles. The minimum Gasteiger partial charge on any atom is -0.444 e. The molecular weight excluding hydrogens is 410 g/mol. The van der Waals surface area contributed by atoms with Crippen LogP contribution in [0.4, 0.5) is 4.79 Å². The third-order valence-electron chi connectivity index (χ3n) is 5.06. The van der Waals surface area contributed by atoms with Crippen LogP contribution >= 0.6 is 0 Å². The predicted octanol–water partition coefficient (Wildman–Crippen LogP) is 2.99. The van der Waals surface area contributed by atoms with Crippen LogP contribution in [0, 0.1) is 13.8 Å². The zero-order valence-electron chi connectivity index (χ0n) is 20.4. The first-order chi connectivity index (χ1) is 14.9. The third kappa shape index (κ3) is 8.15. The molecule has 3 N–H and O–H groups in total. The summed E-state index contributed by atoms with van der Waals surface area (Å²) in [6.45, 7) is 12.7. The van der Waals surface area contributed by atoms with Crippen molar-refractivity contribution in [3.63, 3.8) is 0 Å². The number of aryl methyl sites for hydroxylation is 1. The molecule has 0 aliphatic carbocycles. The minimum absolute atomic E-state index is 0.0571. The molecule has 0 aliphatic rings. The second kappa shape index (κ2) is 12.4. The lowest BCUT2D eigenvalue weighted by atomic mass is 9.95. The van der Waals surface area contributed by atoms with Crippen LogP contribution in [0.25, 0.3) is 0 Å². The number of benzene rings is 1. The average Bonchev–Trinajstić information content (AvgIpc) is 2.68. The average molecular weight is 450 g/mol. The molecule has 1 aromatic carbocycles. The Morgan fingerprint density at radius 3 is 2.41 bits per heavy atom. The molecule has 1 aromatic rings. The first-order valence-electron chi connectivity index (χ1n) is 11.2. The summed E-state index contributed by atoms with van der Waals surface area (Å²) in [6, 6.07) is 3.71. The zero-order valence-corrected chi connectivity index (χ0v) is 20.4. The van der Waals surface area contributed by atoms with Crippen molar-refractivity contribution in [1.29, 1.82) is 0 Å². The normalized spacial score (nSPS) is 13.1. The quantitative estimate of drug-likeness (QED) is 0.476. The Bertz CT molecular complexity index is 788. The molecule has 0 spiro atoms. The summed E-state index contributed by atoms with van der Waals surface area (Å²) < 4.78 is 5.24. The van der Waals surface area contributed by atoms with Crippen molar-refractivity contribution in [1.82, 2.24) is 15.5 Å². The van der Waals surface area contributed by atoms with Gasteiger partial charge in [0, 0.05) is 13.1 Å². The fourth-order valence-corrected chi connectivity index (χ4v) is 3.27. The van der Waals surface area contributed by atoms with Gasteiger partial charge in [0.1, 0.15) is 17.7 Å². The lowest BCUT2D eigenvalue weighted by Gasteiger charge is -2.34. The van der Waals surface area contributed by atoms with E-state index in [1.165, 1.54) is 11.8 Å². The van der Waals surface area contributed by atoms with Gasteiger partial charge in [-0.15, -0.1) is 0 Å². The SMILES string of the molecule is CCCCNC(=O)C(c1cccc(C)c1C)N(CCO)C(=O)C(C)NC(=O)OC(C)(C)C. The van der Waals surface area contributed by atoms with Crippen molar-refractivity contribution in [2.75, 3.05) is 19.7 Å². The number of aliphatic hydroxyl groups excluding tert-OH is 1. The highest BCUT2D eigenvalue weighted by Crippen LogP contribution is 2.27. The number of aliphatic hydroxyl groups is 1. The van der Waals surface area contributed by atoms with Crippen LogP contribution in [0.2, 0.25) is 0 Å². The van der Waals surface area contributed by atoms with E-state index in [0.717, 1.165) is 24.0 Å².